The number of aryl methyl sites for hydroxylation is 1. The number of nitrogens with one attached hydrogen (secondary N) is 1. The highest BCUT2D eigenvalue weighted by molar-refractivity contribution is 8.00. The first-order valence-corrected chi connectivity index (χ1v) is 9.00. The second-order valence-electron chi connectivity index (χ2n) is 5.98. The quantitative estimate of drug-likeness (QED) is 0.498. The number of benzene rings is 2. The predicted molar refractivity (Wildman–Crippen MR) is 99.7 cm³/mol. The Morgan fingerprint density at radius 2 is 1.74 bits per heavy atom. The molecule has 1 amide bonds. The summed E-state index contributed by atoms with van der Waals surface area (Å²) in [6.07, 6.45) is -4.66. The van der Waals surface area contributed by atoms with E-state index in [4.69, 9.17) is 0 Å². The molecule has 0 saturated carbocycles. The fourth-order valence-electron chi connectivity index (χ4n) is 2.37. The van der Waals surface area contributed by atoms with Crippen molar-refractivity contribution in [3.63, 3.8) is 0 Å². The third-order valence-electron chi connectivity index (χ3n) is 3.80. The van der Waals surface area contributed by atoms with E-state index in [1.54, 1.807) is 37.3 Å². The summed E-state index contributed by atoms with van der Waals surface area (Å²) in [4.78, 5) is 19.7. The summed E-state index contributed by atoms with van der Waals surface area (Å²) in [7, 11) is 0. The van der Waals surface area contributed by atoms with Gasteiger partial charge in [0.2, 0.25) is 11.7 Å². The minimum atomic E-state index is -4.66. The number of hydrogen-bond donors (Lipinski definition) is 1. The standard InChI is InChI=1S/C19H16F3N3OS/c1-11-7-9-13(10-8-11)23-16(26)12(2)27-17-14-5-3-4-6-15(14)24-18(25-17)19(20,21)22/h3-10,12H,1-2H3,(H,23,26)/t12-/m1/s1. The third-order valence-corrected chi connectivity index (χ3v) is 4.90. The molecule has 4 nitrogen and oxygen atoms in total. The van der Waals surface area contributed by atoms with E-state index in [-0.39, 0.29) is 16.4 Å². The van der Waals surface area contributed by atoms with Gasteiger partial charge in [0.05, 0.1) is 10.8 Å². The van der Waals surface area contributed by atoms with Crippen molar-refractivity contribution in [1.29, 1.82) is 0 Å². The first kappa shape index (κ1) is 19.2. The zero-order chi connectivity index (χ0) is 19.6. The summed E-state index contributed by atoms with van der Waals surface area (Å²) >= 11 is 0.971. The second kappa shape index (κ2) is 7.56. The van der Waals surface area contributed by atoms with Crippen molar-refractivity contribution >= 4 is 34.3 Å². The number of fused-ring (bicyclic) bond motifs is 1. The number of thioether (sulfide) groups is 1. The van der Waals surface area contributed by atoms with Crippen LogP contribution in [0.5, 0.6) is 0 Å². The number of carbonyl (C=O) groups excluding carboxylic acids is 1. The minimum absolute atomic E-state index is 0.125. The number of hydrogen-bond acceptors (Lipinski definition) is 4. The molecule has 0 radical (unpaired) electrons. The molecule has 8 heteroatoms. The Labute approximate surface area is 158 Å². The molecule has 3 rings (SSSR count). The van der Waals surface area contributed by atoms with Gasteiger partial charge in [-0.15, -0.1) is 0 Å². The van der Waals surface area contributed by atoms with E-state index in [0.717, 1.165) is 17.3 Å². The molecule has 27 heavy (non-hydrogen) atoms. The van der Waals surface area contributed by atoms with Crippen LogP contribution >= 0.6 is 11.8 Å². The number of alkyl halides is 3. The summed E-state index contributed by atoms with van der Waals surface area (Å²) in [6, 6.07) is 13.7. The Morgan fingerprint density at radius 1 is 1.07 bits per heavy atom. The molecule has 3 aromatic rings. The molecule has 0 spiro atoms. The van der Waals surface area contributed by atoms with Gasteiger partial charge in [0.15, 0.2) is 0 Å². The number of rotatable bonds is 4. The zero-order valence-corrected chi connectivity index (χ0v) is 15.4. The lowest BCUT2D eigenvalue weighted by Gasteiger charge is -2.14. The van der Waals surface area contributed by atoms with E-state index in [0.29, 0.717) is 11.1 Å². The lowest BCUT2D eigenvalue weighted by molar-refractivity contribution is -0.145. The number of amides is 1. The number of anilines is 1. The summed E-state index contributed by atoms with van der Waals surface area (Å²) < 4.78 is 39.3. The lowest BCUT2D eigenvalue weighted by Crippen LogP contribution is -2.22. The topological polar surface area (TPSA) is 54.9 Å². The highest BCUT2D eigenvalue weighted by Crippen LogP contribution is 2.33. The van der Waals surface area contributed by atoms with Gasteiger partial charge in [0.25, 0.3) is 0 Å². The van der Waals surface area contributed by atoms with Crippen molar-refractivity contribution in [3.8, 4) is 0 Å². The molecule has 0 aliphatic rings. The van der Waals surface area contributed by atoms with Crippen molar-refractivity contribution < 1.29 is 18.0 Å². The molecule has 1 heterocycles. The maximum atomic E-state index is 13.1. The monoisotopic (exact) mass is 391 g/mol. The molecule has 1 N–H and O–H groups in total. The summed E-state index contributed by atoms with van der Waals surface area (Å²) in [5.74, 6) is -1.53. The normalized spacial score (nSPS) is 12.8. The Kier molecular flexibility index (Phi) is 5.36. The van der Waals surface area contributed by atoms with Gasteiger partial charge < -0.3 is 5.32 Å². The van der Waals surface area contributed by atoms with Crippen molar-refractivity contribution in [1.82, 2.24) is 9.97 Å². The summed E-state index contributed by atoms with van der Waals surface area (Å²) in [5, 5.41) is 2.71. The Morgan fingerprint density at radius 3 is 2.41 bits per heavy atom. The predicted octanol–water partition coefficient (Wildman–Crippen LogP) is 5.08. The molecule has 0 fully saturated rings. The average Bonchev–Trinajstić information content (AvgIpc) is 2.62. The molecule has 0 saturated heterocycles. The molecule has 0 aliphatic heterocycles. The smallest absolute Gasteiger partial charge is 0.325 e. The summed E-state index contributed by atoms with van der Waals surface area (Å²) in [6.45, 7) is 3.56. The largest absolute Gasteiger partial charge is 0.451 e. The Hall–Kier alpha value is -2.61. The van der Waals surface area contributed by atoms with E-state index >= 15 is 0 Å². The van der Waals surface area contributed by atoms with E-state index in [1.165, 1.54) is 6.07 Å². The second-order valence-corrected chi connectivity index (χ2v) is 7.31. The van der Waals surface area contributed by atoms with Crippen LogP contribution in [0.25, 0.3) is 10.9 Å². The SMILES string of the molecule is Cc1ccc(NC(=O)[C@@H](C)Sc2nc(C(F)(F)F)nc3ccccc23)cc1. The van der Waals surface area contributed by atoms with Crippen LogP contribution in [0, 0.1) is 6.92 Å². The van der Waals surface area contributed by atoms with Gasteiger partial charge in [-0.2, -0.15) is 13.2 Å². The van der Waals surface area contributed by atoms with Crippen LogP contribution in [0.4, 0.5) is 18.9 Å². The van der Waals surface area contributed by atoms with Gasteiger partial charge in [0, 0.05) is 11.1 Å². The van der Waals surface area contributed by atoms with E-state index in [2.05, 4.69) is 15.3 Å². The van der Waals surface area contributed by atoms with Crippen molar-refractivity contribution in [2.24, 2.45) is 0 Å². The van der Waals surface area contributed by atoms with Crippen LogP contribution < -0.4 is 5.32 Å². The summed E-state index contributed by atoms with van der Waals surface area (Å²) in [5.41, 5.74) is 1.87. The maximum absolute atomic E-state index is 13.1. The lowest BCUT2D eigenvalue weighted by atomic mass is 10.2. The molecule has 0 bridgehead atoms. The van der Waals surface area contributed by atoms with Crippen LogP contribution in [0.2, 0.25) is 0 Å². The Bertz CT molecular complexity index is 974. The molecular formula is C19H16F3N3OS. The zero-order valence-electron chi connectivity index (χ0n) is 14.5. The van der Waals surface area contributed by atoms with Crippen molar-refractivity contribution in [2.75, 3.05) is 5.32 Å². The van der Waals surface area contributed by atoms with E-state index < -0.39 is 17.3 Å². The molecule has 140 valence electrons. The van der Waals surface area contributed by atoms with E-state index in [1.807, 2.05) is 19.1 Å². The molecule has 0 unspecified atom stereocenters. The first-order chi connectivity index (χ1) is 12.7. The highest BCUT2D eigenvalue weighted by atomic mass is 32.2. The number of halogens is 3. The molecule has 2 aromatic carbocycles. The fourth-order valence-corrected chi connectivity index (χ4v) is 3.31. The van der Waals surface area contributed by atoms with Crippen LogP contribution in [-0.2, 0) is 11.0 Å². The number of nitrogens with zero attached hydrogens (tertiary/aromatic N) is 2. The van der Waals surface area contributed by atoms with Gasteiger partial charge >= 0.3 is 6.18 Å². The molecule has 0 aliphatic carbocycles. The minimum Gasteiger partial charge on any atom is -0.325 e. The molecular weight excluding hydrogens is 375 g/mol. The molecule has 1 atom stereocenters. The Balaban J connectivity index is 1.86. The van der Waals surface area contributed by atoms with E-state index in [9.17, 15) is 18.0 Å². The average molecular weight is 391 g/mol. The number of aromatic nitrogens is 2. The number of carbonyl (C=O) groups is 1. The maximum Gasteiger partial charge on any atom is 0.451 e. The fraction of sp³-hybridized carbons (Fsp3) is 0.211. The highest BCUT2D eigenvalue weighted by Gasteiger charge is 2.35. The number of para-hydroxylation sites is 1. The van der Waals surface area contributed by atoms with Gasteiger partial charge in [-0.05, 0) is 32.0 Å². The van der Waals surface area contributed by atoms with Gasteiger partial charge in [-0.3, -0.25) is 4.79 Å². The van der Waals surface area contributed by atoms with Crippen LogP contribution in [0.3, 0.4) is 0 Å². The van der Waals surface area contributed by atoms with Crippen molar-refractivity contribution in [3.05, 3.63) is 59.9 Å². The van der Waals surface area contributed by atoms with Crippen LogP contribution in [0.15, 0.2) is 53.6 Å². The van der Waals surface area contributed by atoms with Crippen molar-refractivity contribution in [2.45, 2.75) is 30.3 Å². The van der Waals surface area contributed by atoms with Gasteiger partial charge in [-0.25, -0.2) is 9.97 Å². The third kappa shape index (κ3) is 4.57. The van der Waals surface area contributed by atoms with Gasteiger partial charge in [-0.1, -0.05) is 47.7 Å². The van der Waals surface area contributed by atoms with Gasteiger partial charge in [0.1, 0.15) is 5.03 Å². The van der Waals surface area contributed by atoms with Crippen LogP contribution in [-0.4, -0.2) is 21.1 Å². The molecule has 1 aromatic heterocycles. The first-order valence-electron chi connectivity index (χ1n) is 8.12. The van der Waals surface area contributed by atoms with Crippen LogP contribution in [0.1, 0.15) is 18.3 Å².